The zero-order valence-corrected chi connectivity index (χ0v) is 15.9. The second kappa shape index (κ2) is 9.70. The molecule has 0 aliphatic carbocycles. The molecule has 2 aromatic rings. The average molecular weight is 396 g/mol. The minimum Gasteiger partial charge on any atom is -0.376 e. The van der Waals surface area contributed by atoms with Gasteiger partial charge in [0, 0.05) is 35.7 Å². The Morgan fingerprint density at radius 1 is 1.03 bits per heavy atom. The molecule has 2 aromatic carbocycles. The summed E-state index contributed by atoms with van der Waals surface area (Å²) in [4.78, 5) is 35.5. The van der Waals surface area contributed by atoms with Gasteiger partial charge in [0.15, 0.2) is 0 Å². The van der Waals surface area contributed by atoms with E-state index in [2.05, 4.69) is 16.0 Å². The highest BCUT2D eigenvalue weighted by molar-refractivity contribution is 5.97. The number of anilines is 2. The molecule has 8 heteroatoms. The van der Waals surface area contributed by atoms with Crippen LogP contribution in [0.3, 0.4) is 0 Å². The molecule has 0 spiro atoms. The molecule has 1 heterocycles. The van der Waals surface area contributed by atoms with Crippen molar-refractivity contribution in [3.63, 3.8) is 0 Å². The highest BCUT2D eigenvalue weighted by Crippen LogP contribution is 2.13. The van der Waals surface area contributed by atoms with Crippen LogP contribution in [0.25, 0.3) is 0 Å². The van der Waals surface area contributed by atoms with Crippen LogP contribution in [-0.4, -0.2) is 43.5 Å². The summed E-state index contributed by atoms with van der Waals surface area (Å²) in [7, 11) is 0. The normalized spacial score (nSPS) is 15.5. The molecule has 3 rings (SSSR count). The quantitative estimate of drug-likeness (QED) is 0.541. The molecule has 1 saturated heterocycles. The molecule has 1 aliphatic heterocycles. The molecule has 5 N–H and O–H groups in total. The maximum atomic E-state index is 12.2. The molecule has 0 saturated carbocycles. The lowest BCUT2D eigenvalue weighted by Gasteiger charge is -2.11. The lowest BCUT2D eigenvalue weighted by atomic mass is 10.2. The molecule has 1 fully saturated rings. The summed E-state index contributed by atoms with van der Waals surface area (Å²) in [6.45, 7) is 1.30. The number of hydrogen-bond donors (Lipinski definition) is 4. The van der Waals surface area contributed by atoms with E-state index in [0.717, 1.165) is 19.4 Å². The fourth-order valence-electron chi connectivity index (χ4n) is 2.99. The standard InChI is InChI=1S/C21H24N4O4/c22-20(27)15-3-1-4-17(11-15)25-19(26)13-23-16-8-6-14(7-9-16)21(28)24-12-18-5-2-10-29-18/h1,3-4,6-9,11,18,23H,2,5,10,12-13H2,(H2,22,27)(H,24,28)(H,25,26). The van der Waals surface area contributed by atoms with E-state index in [1.54, 1.807) is 42.5 Å². The third kappa shape index (κ3) is 6.05. The molecule has 1 aliphatic rings. The molecule has 0 aromatic heterocycles. The summed E-state index contributed by atoms with van der Waals surface area (Å²) < 4.78 is 5.49. The second-order valence-corrected chi connectivity index (χ2v) is 6.77. The Hall–Kier alpha value is -3.39. The van der Waals surface area contributed by atoms with Crippen LogP contribution in [0.15, 0.2) is 48.5 Å². The summed E-state index contributed by atoms with van der Waals surface area (Å²) in [5.74, 6) is -0.983. The van der Waals surface area contributed by atoms with Crippen molar-refractivity contribution in [1.29, 1.82) is 0 Å². The Labute approximate surface area is 168 Å². The van der Waals surface area contributed by atoms with Gasteiger partial charge in [0.25, 0.3) is 5.91 Å². The van der Waals surface area contributed by atoms with Crippen LogP contribution in [-0.2, 0) is 9.53 Å². The van der Waals surface area contributed by atoms with Gasteiger partial charge in [0.2, 0.25) is 11.8 Å². The van der Waals surface area contributed by atoms with E-state index in [-0.39, 0.29) is 24.5 Å². The fourth-order valence-corrected chi connectivity index (χ4v) is 2.99. The number of benzene rings is 2. The largest absolute Gasteiger partial charge is 0.376 e. The maximum absolute atomic E-state index is 12.2. The predicted molar refractivity (Wildman–Crippen MR) is 110 cm³/mol. The van der Waals surface area contributed by atoms with E-state index in [0.29, 0.717) is 29.0 Å². The van der Waals surface area contributed by atoms with Gasteiger partial charge in [-0.1, -0.05) is 6.07 Å². The van der Waals surface area contributed by atoms with Crippen LogP contribution in [0.1, 0.15) is 33.6 Å². The van der Waals surface area contributed by atoms with Gasteiger partial charge in [-0.2, -0.15) is 0 Å². The van der Waals surface area contributed by atoms with E-state index < -0.39 is 5.91 Å². The lowest BCUT2D eigenvalue weighted by molar-refractivity contribution is -0.114. The lowest BCUT2D eigenvalue weighted by Crippen LogP contribution is -2.31. The summed E-state index contributed by atoms with van der Waals surface area (Å²) in [5, 5.41) is 8.55. The first-order chi connectivity index (χ1) is 14.0. The van der Waals surface area contributed by atoms with Gasteiger partial charge in [0.1, 0.15) is 0 Å². The fraction of sp³-hybridized carbons (Fsp3) is 0.286. The first kappa shape index (κ1) is 20.3. The SMILES string of the molecule is NC(=O)c1cccc(NC(=O)CNc2ccc(C(=O)NCC3CCCO3)cc2)c1. The van der Waals surface area contributed by atoms with Crippen LogP contribution < -0.4 is 21.7 Å². The van der Waals surface area contributed by atoms with Gasteiger partial charge < -0.3 is 26.4 Å². The van der Waals surface area contributed by atoms with E-state index >= 15 is 0 Å². The Bertz CT molecular complexity index is 877. The van der Waals surface area contributed by atoms with Crippen molar-refractivity contribution in [3.05, 3.63) is 59.7 Å². The van der Waals surface area contributed by atoms with Crippen LogP contribution in [0, 0.1) is 0 Å². The van der Waals surface area contributed by atoms with Gasteiger partial charge in [0.05, 0.1) is 12.6 Å². The number of carbonyl (C=O) groups excluding carboxylic acids is 3. The van der Waals surface area contributed by atoms with E-state index in [4.69, 9.17) is 10.5 Å². The van der Waals surface area contributed by atoms with Crippen molar-refractivity contribution < 1.29 is 19.1 Å². The highest BCUT2D eigenvalue weighted by atomic mass is 16.5. The van der Waals surface area contributed by atoms with E-state index in [1.807, 2.05) is 0 Å². The van der Waals surface area contributed by atoms with E-state index in [9.17, 15) is 14.4 Å². The highest BCUT2D eigenvalue weighted by Gasteiger charge is 2.16. The topological polar surface area (TPSA) is 123 Å². The third-order valence-corrected chi connectivity index (χ3v) is 4.55. The number of amides is 3. The molecule has 0 radical (unpaired) electrons. The first-order valence-electron chi connectivity index (χ1n) is 9.45. The molecular weight excluding hydrogens is 372 g/mol. The van der Waals surface area contributed by atoms with Crippen molar-refractivity contribution in [2.45, 2.75) is 18.9 Å². The molecule has 1 atom stereocenters. The number of nitrogens with two attached hydrogens (primary N) is 1. The average Bonchev–Trinajstić information content (AvgIpc) is 3.25. The number of rotatable bonds is 8. The van der Waals surface area contributed by atoms with Gasteiger partial charge in [-0.3, -0.25) is 14.4 Å². The molecular formula is C21H24N4O4. The number of primary amides is 1. The van der Waals surface area contributed by atoms with Gasteiger partial charge >= 0.3 is 0 Å². The molecule has 8 nitrogen and oxygen atoms in total. The number of ether oxygens (including phenoxy) is 1. The molecule has 1 unspecified atom stereocenters. The summed E-state index contributed by atoms with van der Waals surface area (Å²) >= 11 is 0. The van der Waals surface area contributed by atoms with Crippen molar-refractivity contribution >= 4 is 29.1 Å². The Morgan fingerprint density at radius 2 is 1.83 bits per heavy atom. The van der Waals surface area contributed by atoms with Crippen LogP contribution in [0.2, 0.25) is 0 Å². The summed E-state index contributed by atoms with van der Waals surface area (Å²) in [6.07, 6.45) is 2.10. The van der Waals surface area contributed by atoms with Crippen molar-refractivity contribution in [2.24, 2.45) is 5.73 Å². The number of hydrogen-bond acceptors (Lipinski definition) is 5. The molecule has 152 valence electrons. The van der Waals surface area contributed by atoms with Crippen LogP contribution >= 0.6 is 0 Å². The Kier molecular flexibility index (Phi) is 6.80. The minimum atomic E-state index is -0.556. The van der Waals surface area contributed by atoms with E-state index in [1.165, 1.54) is 6.07 Å². The molecule has 29 heavy (non-hydrogen) atoms. The summed E-state index contributed by atoms with van der Waals surface area (Å²) in [5.41, 5.74) is 7.30. The second-order valence-electron chi connectivity index (χ2n) is 6.77. The Morgan fingerprint density at radius 3 is 2.52 bits per heavy atom. The first-order valence-corrected chi connectivity index (χ1v) is 9.45. The predicted octanol–water partition coefficient (Wildman–Crippen LogP) is 1.74. The van der Waals surface area contributed by atoms with Gasteiger partial charge in [-0.25, -0.2) is 0 Å². The maximum Gasteiger partial charge on any atom is 0.251 e. The van der Waals surface area contributed by atoms with Crippen LogP contribution in [0.4, 0.5) is 11.4 Å². The van der Waals surface area contributed by atoms with Crippen molar-refractivity contribution in [2.75, 3.05) is 30.3 Å². The number of nitrogens with one attached hydrogen (secondary N) is 3. The minimum absolute atomic E-state index is 0.0331. The van der Waals surface area contributed by atoms with Crippen LogP contribution in [0.5, 0.6) is 0 Å². The van der Waals surface area contributed by atoms with Crippen molar-refractivity contribution in [3.8, 4) is 0 Å². The smallest absolute Gasteiger partial charge is 0.251 e. The zero-order valence-electron chi connectivity index (χ0n) is 15.9. The monoisotopic (exact) mass is 396 g/mol. The third-order valence-electron chi connectivity index (χ3n) is 4.55. The van der Waals surface area contributed by atoms with Gasteiger partial charge in [-0.05, 0) is 55.3 Å². The van der Waals surface area contributed by atoms with Crippen molar-refractivity contribution in [1.82, 2.24) is 5.32 Å². The zero-order chi connectivity index (χ0) is 20.6. The molecule has 0 bridgehead atoms. The summed E-state index contributed by atoms with van der Waals surface area (Å²) in [6, 6.07) is 13.3. The van der Waals surface area contributed by atoms with Gasteiger partial charge in [-0.15, -0.1) is 0 Å². The Balaban J connectivity index is 1.45. The number of carbonyl (C=O) groups is 3. The molecule has 3 amide bonds.